The van der Waals surface area contributed by atoms with Crippen LogP contribution >= 0.6 is 0 Å². The Labute approximate surface area is 114 Å². The molecule has 0 aliphatic carbocycles. The van der Waals surface area contributed by atoms with Gasteiger partial charge in [0, 0.05) is 24.7 Å². The van der Waals surface area contributed by atoms with Crippen LogP contribution in [0.5, 0.6) is 0 Å². The van der Waals surface area contributed by atoms with Gasteiger partial charge < -0.3 is 14.9 Å². The van der Waals surface area contributed by atoms with E-state index in [1.54, 1.807) is 4.90 Å². The molecular formula is C14H24N2O3. The molecule has 108 valence electrons. The van der Waals surface area contributed by atoms with Crippen LogP contribution in [0.2, 0.25) is 0 Å². The van der Waals surface area contributed by atoms with Gasteiger partial charge in [-0.1, -0.05) is 6.92 Å². The monoisotopic (exact) mass is 268 g/mol. The Balaban J connectivity index is 2.15. The lowest BCUT2D eigenvalue weighted by Crippen LogP contribution is -2.52. The van der Waals surface area contributed by atoms with E-state index in [9.17, 15) is 14.7 Å². The SMILES string of the molecule is CCC(C)(C)N(C)C(=O)N1C2CCC1C(C(=O)O)C2. The Morgan fingerprint density at radius 3 is 2.47 bits per heavy atom. The number of amides is 2. The summed E-state index contributed by atoms with van der Waals surface area (Å²) in [5, 5.41) is 9.23. The number of carboxylic acid groups (broad SMARTS) is 1. The minimum absolute atomic E-state index is 0.0110. The van der Waals surface area contributed by atoms with E-state index in [4.69, 9.17) is 0 Å². The average Bonchev–Trinajstić information content (AvgIpc) is 2.94. The lowest BCUT2D eigenvalue weighted by molar-refractivity contribution is -0.142. The van der Waals surface area contributed by atoms with E-state index in [0.29, 0.717) is 6.42 Å². The molecule has 19 heavy (non-hydrogen) atoms. The van der Waals surface area contributed by atoms with E-state index in [1.165, 1.54) is 0 Å². The molecule has 5 nitrogen and oxygen atoms in total. The van der Waals surface area contributed by atoms with E-state index in [1.807, 2.05) is 25.8 Å². The maximum absolute atomic E-state index is 12.6. The number of hydrogen-bond donors (Lipinski definition) is 1. The first-order valence-corrected chi connectivity index (χ1v) is 7.08. The maximum atomic E-state index is 12.6. The molecule has 2 aliphatic heterocycles. The first-order chi connectivity index (χ1) is 8.79. The highest BCUT2D eigenvalue weighted by Gasteiger charge is 2.52. The second-order valence-electron chi connectivity index (χ2n) is 6.39. The number of urea groups is 1. The maximum Gasteiger partial charge on any atom is 0.320 e. The second-order valence-corrected chi connectivity index (χ2v) is 6.39. The Kier molecular flexibility index (Phi) is 3.49. The third-order valence-electron chi connectivity index (χ3n) is 5.14. The van der Waals surface area contributed by atoms with Crippen molar-refractivity contribution in [1.82, 2.24) is 9.80 Å². The van der Waals surface area contributed by atoms with Crippen molar-refractivity contribution in [2.45, 2.75) is 64.1 Å². The molecule has 2 amide bonds. The Hall–Kier alpha value is -1.26. The molecular weight excluding hydrogens is 244 g/mol. The molecule has 3 unspecified atom stereocenters. The van der Waals surface area contributed by atoms with Crippen molar-refractivity contribution in [3.8, 4) is 0 Å². The summed E-state index contributed by atoms with van der Waals surface area (Å²) in [7, 11) is 1.82. The number of rotatable bonds is 3. The number of aliphatic carboxylic acids is 1. The molecule has 2 aliphatic rings. The van der Waals surface area contributed by atoms with Crippen molar-refractivity contribution in [1.29, 1.82) is 0 Å². The van der Waals surface area contributed by atoms with Crippen LogP contribution in [0.15, 0.2) is 0 Å². The number of carbonyl (C=O) groups excluding carboxylic acids is 1. The second kappa shape index (κ2) is 4.69. The Morgan fingerprint density at radius 1 is 1.37 bits per heavy atom. The van der Waals surface area contributed by atoms with Crippen LogP contribution in [-0.4, -0.2) is 51.6 Å². The summed E-state index contributed by atoms with van der Waals surface area (Å²) in [4.78, 5) is 27.5. The van der Waals surface area contributed by atoms with Gasteiger partial charge in [-0.05, 0) is 39.5 Å². The molecule has 0 aromatic rings. The highest BCUT2D eigenvalue weighted by molar-refractivity contribution is 5.79. The van der Waals surface area contributed by atoms with Crippen LogP contribution < -0.4 is 0 Å². The molecule has 2 bridgehead atoms. The number of carboxylic acids is 1. The minimum Gasteiger partial charge on any atom is -0.481 e. The van der Waals surface area contributed by atoms with Crippen LogP contribution in [-0.2, 0) is 4.79 Å². The summed E-state index contributed by atoms with van der Waals surface area (Å²) < 4.78 is 0. The van der Waals surface area contributed by atoms with Crippen molar-refractivity contribution >= 4 is 12.0 Å². The summed E-state index contributed by atoms with van der Waals surface area (Å²) >= 11 is 0. The topological polar surface area (TPSA) is 60.9 Å². The van der Waals surface area contributed by atoms with Gasteiger partial charge >= 0.3 is 12.0 Å². The largest absolute Gasteiger partial charge is 0.481 e. The molecule has 0 saturated carbocycles. The van der Waals surface area contributed by atoms with Crippen LogP contribution in [0.4, 0.5) is 4.79 Å². The molecule has 2 saturated heterocycles. The van der Waals surface area contributed by atoms with E-state index >= 15 is 0 Å². The zero-order valence-corrected chi connectivity index (χ0v) is 12.2. The lowest BCUT2D eigenvalue weighted by Gasteiger charge is -2.39. The minimum atomic E-state index is -0.762. The van der Waals surface area contributed by atoms with Crippen molar-refractivity contribution in [3.63, 3.8) is 0 Å². The standard InChI is InChI=1S/C14H24N2O3/c1-5-14(2,3)15(4)13(19)16-9-6-7-11(16)10(8-9)12(17)18/h9-11H,5-8H2,1-4H3,(H,17,18). The van der Waals surface area contributed by atoms with Gasteiger partial charge in [-0.2, -0.15) is 0 Å². The summed E-state index contributed by atoms with van der Waals surface area (Å²) in [6.07, 6.45) is 3.27. The molecule has 1 N–H and O–H groups in total. The highest BCUT2D eigenvalue weighted by Crippen LogP contribution is 2.42. The molecule has 2 heterocycles. The van der Waals surface area contributed by atoms with Gasteiger partial charge in [0.05, 0.1) is 5.92 Å². The first kappa shape index (κ1) is 14.2. The van der Waals surface area contributed by atoms with Crippen molar-refractivity contribution in [2.24, 2.45) is 5.92 Å². The average molecular weight is 268 g/mol. The van der Waals surface area contributed by atoms with Gasteiger partial charge in [0.15, 0.2) is 0 Å². The molecule has 0 radical (unpaired) electrons. The predicted molar refractivity (Wildman–Crippen MR) is 71.9 cm³/mol. The summed E-state index contributed by atoms with van der Waals surface area (Å²) in [6.45, 7) is 6.14. The van der Waals surface area contributed by atoms with Gasteiger partial charge in [-0.25, -0.2) is 4.79 Å². The molecule has 5 heteroatoms. The molecule has 0 aromatic heterocycles. The quantitative estimate of drug-likeness (QED) is 0.853. The van der Waals surface area contributed by atoms with Gasteiger partial charge in [0.1, 0.15) is 0 Å². The third kappa shape index (κ3) is 2.19. The third-order valence-corrected chi connectivity index (χ3v) is 5.14. The van der Waals surface area contributed by atoms with Crippen molar-refractivity contribution < 1.29 is 14.7 Å². The van der Waals surface area contributed by atoms with Crippen LogP contribution in [0, 0.1) is 5.92 Å². The summed E-state index contributed by atoms with van der Waals surface area (Å²) in [5.74, 6) is -1.14. The van der Waals surface area contributed by atoms with Crippen LogP contribution in [0.1, 0.15) is 46.5 Å². The predicted octanol–water partition coefficient (Wildman–Crippen LogP) is 2.16. The van der Waals surface area contributed by atoms with Crippen molar-refractivity contribution in [3.05, 3.63) is 0 Å². The number of fused-ring (bicyclic) bond motifs is 2. The molecule has 0 aromatic carbocycles. The summed E-state index contributed by atoms with van der Waals surface area (Å²) in [6, 6.07) is 0.00177. The highest BCUT2D eigenvalue weighted by atomic mass is 16.4. The Bertz CT molecular complexity index is 394. The number of nitrogens with zero attached hydrogens (tertiary/aromatic N) is 2. The summed E-state index contributed by atoms with van der Waals surface area (Å²) in [5.41, 5.74) is -0.197. The number of hydrogen-bond acceptors (Lipinski definition) is 2. The first-order valence-electron chi connectivity index (χ1n) is 7.08. The van der Waals surface area contributed by atoms with E-state index in [-0.39, 0.29) is 29.6 Å². The zero-order valence-electron chi connectivity index (χ0n) is 12.2. The fraction of sp³-hybridized carbons (Fsp3) is 0.857. The van der Waals surface area contributed by atoms with E-state index in [2.05, 4.69) is 6.92 Å². The van der Waals surface area contributed by atoms with Crippen LogP contribution in [0.3, 0.4) is 0 Å². The smallest absolute Gasteiger partial charge is 0.320 e. The molecule has 2 rings (SSSR count). The van der Waals surface area contributed by atoms with Gasteiger partial charge in [-0.15, -0.1) is 0 Å². The molecule has 0 spiro atoms. The van der Waals surface area contributed by atoms with Gasteiger partial charge in [0.2, 0.25) is 0 Å². The van der Waals surface area contributed by atoms with Crippen LogP contribution in [0.25, 0.3) is 0 Å². The lowest BCUT2D eigenvalue weighted by atomic mass is 9.89. The molecule has 3 atom stereocenters. The van der Waals surface area contributed by atoms with Gasteiger partial charge in [-0.3, -0.25) is 4.79 Å². The molecule has 2 fully saturated rings. The fourth-order valence-corrected chi connectivity index (χ4v) is 3.22. The van der Waals surface area contributed by atoms with E-state index in [0.717, 1.165) is 19.3 Å². The normalized spacial score (nSPS) is 29.7. The zero-order chi connectivity index (χ0) is 14.4. The van der Waals surface area contributed by atoms with Gasteiger partial charge in [0.25, 0.3) is 0 Å². The Morgan fingerprint density at radius 2 is 2.00 bits per heavy atom. The van der Waals surface area contributed by atoms with E-state index < -0.39 is 5.97 Å². The van der Waals surface area contributed by atoms with Crippen molar-refractivity contribution in [2.75, 3.05) is 7.05 Å². The fourth-order valence-electron chi connectivity index (χ4n) is 3.22. The number of carbonyl (C=O) groups is 2.